The number of hydrogen-bond acceptors (Lipinski definition) is 5. The number of rotatable bonds is 7. The van der Waals surface area contributed by atoms with Crippen LogP contribution >= 0.6 is 11.8 Å². The van der Waals surface area contributed by atoms with Crippen molar-refractivity contribution in [3.8, 4) is 11.1 Å². The number of benzene rings is 2. The number of aryl methyl sites for hydroxylation is 2. The van der Waals surface area contributed by atoms with Crippen LogP contribution in [0, 0.1) is 13.8 Å². The summed E-state index contributed by atoms with van der Waals surface area (Å²) in [6.07, 6.45) is 0.639. The molecule has 0 atom stereocenters. The molecule has 6 heteroatoms. The van der Waals surface area contributed by atoms with E-state index in [1.807, 2.05) is 66.9 Å². The molecule has 0 saturated heterocycles. The number of ketones is 2. The molecular weight excluding hydrogens is 418 g/mol. The molecule has 4 rings (SSSR count). The van der Waals surface area contributed by atoms with Crippen LogP contribution in [0.3, 0.4) is 0 Å². The second-order valence-corrected chi connectivity index (χ2v) is 9.02. The SMILES string of the molecule is CC(=O)C(Sc1c(Cc2ccccc2)c(C)nc2c(-c3ccccc3)c(C)nn12)C(C)=O. The molecule has 0 saturated carbocycles. The zero-order chi connectivity index (χ0) is 22.8. The molecule has 0 spiro atoms. The summed E-state index contributed by atoms with van der Waals surface area (Å²) in [5, 5.41) is 4.83. The predicted octanol–water partition coefficient (Wildman–Crippen LogP) is 5.24. The molecule has 32 heavy (non-hydrogen) atoms. The Labute approximate surface area is 191 Å². The Morgan fingerprint density at radius 1 is 0.906 bits per heavy atom. The van der Waals surface area contributed by atoms with Crippen LogP contribution in [-0.4, -0.2) is 31.4 Å². The van der Waals surface area contributed by atoms with Crippen LogP contribution in [-0.2, 0) is 16.0 Å². The minimum Gasteiger partial charge on any atom is -0.298 e. The first kappa shape index (κ1) is 22.0. The third kappa shape index (κ3) is 4.23. The number of carbonyl (C=O) groups is 2. The monoisotopic (exact) mass is 443 g/mol. The van der Waals surface area contributed by atoms with E-state index in [-0.39, 0.29) is 11.6 Å². The number of nitrogens with zero attached hydrogens (tertiary/aromatic N) is 3. The van der Waals surface area contributed by atoms with E-state index >= 15 is 0 Å². The van der Waals surface area contributed by atoms with Gasteiger partial charge in [-0.2, -0.15) is 5.10 Å². The average Bonchev–Trinajstić information content (AvgIpc) is 3.09. The highest BCUT2D eigenvalue weighted by Gasteiger charge is 2.27. The summed E-state index contributed by atoms with van der Waals surface area (Å²) in [5.41, 5.74) is 6.56. The fourth-order valence-corrected chi connectivity index (χ4v) is 5.04. The molecule has 0 bridgehead atoms. The van der Waals surface area contributed by atoms with E-state index in [0.29, 0.717) is 6.42 Å². The molecule has 2 heterocycles. The summed E-state index contributed by atoms with van der Waals surface area (Å²) < 4.78 is 1.81. The normalized spacial score (nSPS) is 11.3. The molecule has 0 fully saturated rings. The van der Waals surface area contributed by atoms with Crippen LogP contribution < -0.4 is 0 Å². The number of carbonyl (C=O) groups excluding carboxylic acids is 2. The largest absolute Gasteiger partial charge is 0.298 e. The summed E-state index contributed by atoms with van der Waals surface area (Å²) in [4.78, 5) is 29.5. The van der Waals surface area contributed by atoms with Gasteiger partial charge in [0.25, 0.3) is 0 Å². The molecule has 0 amide bonds. The highest BCUT2D eigenvalue weighted by molar-refractivity contribution is 8.01. The molecule has 4 aromatic rings. The summed E-state index contributed by atoms with van der Waals surface area (Å²) >= 11 is 1.27. The van der Waals surface area contributed by atoms with Crippen LogP contribution in [0.15, 0.2) is 65.7 Å². The highest BCUT2D eigenvalue weighted by Crippen LogP contribution is 2.35. The van der Waals surface area contributed by atoms with Gasteiger partial charge in [0.2, 0.25) is 0 Å². The van der Waals surface area contributed by atoms with Crippen molar-refractivity contribution < 1.29 is 9.59 Å². The Balaban J connectivity index is 1.97. The number of aromatic nitrogens is 3. The summed E-state index contributed by atoms with van der Waals surface area (Å²) in [6.45, 7) is 6.87. The number of Topliss-reactive ketones (excluding diaryl/α,β-unsaturated/α-hetero) is 2. The zero-order valence-corrected chi connectivity index (χ0v) is 19.4. The van der Waals surface area contributed by atoms with Crippen LogP contribution in [0.4, 0.5) is 0 Å². The van der Waals surface area contributed by atoms with Crippen LogP contribution in [0.25, 0.3) is 16.8 Å². The lowest BCUT2D eigenvalue weighted by Crippen LogP contribution is -2.23. The van der Waals surface area contributed by atoms with Crippen molar-refractivity contribution in [2.24, 2.45) is 0 Å². The quantitative estimate of drug-likeness (QED) is 0.222. The van der Waals surface area contributed by atoms with Gasteiger partial charge in [0, 0.05) is 23.2 Å². The lowest BCUT2D eigenvalue weighted by atomic mass is 10.0. The highest BCUT2D eigenvalue weighted by atomic mass is 32.2. The lowest BCUT2D eigenvalue weighted by molar-refractivity contribution is -0.123. The first-order chi connectivity index (χ1) is 15.4. The van der Waals surface area contributed by atoms with E-state index in [1.165, 1.54) is 25.6 Å². The molecule has 0 radical (unpaired) electrons. The average molecular weight is 444 g/mol. The van der Waals surface area contributed by atoms with Gasteiger partial charge < -0.3 is 0 Å². The second kappa shape index (κ2) is 9.09. The van der Waals surface area contributed by atoms with Gasteiger partial charge >= 0.3 is 0 Å². The van der Waals surface area contributed by atoms with Crippen LogP contribution in [0.1, 0.15) is 36.4 Å². The third-order valence-electron chi connectivity index (χ3n) is 5.45. The first-order valence-corrected chi connectivity index (χ1v) is 11.4. The number of fused-ring (bicyclic) bond motifs is 1. The van der Waals surface area contributed by atoms with Crippen molar-refractivity contribution in [1.29, 1.82) is 0 Å². The van der Waals surface area contributed by atoms with Crippen molar-refractivity contribution in [1.82, 2.24) is 14.6 Å². The molecule has 0 unspecified atom stereocenters. The summed E-state index contributed by atoms with van der Waals surface area (Å²) in [5.74, 6) is -0.328. The predicted molar refractivity (Wildman–Crippen MR) is 128 cm³/mol. The minimum atomic E-state index is -0.779. The van der Waals surface area contributed by atoms with E-state index in [1.54, 1.807) is 0 Å². The Morgan fingerprint density at radius 2 is 1.50 bits per heavy atom. The smallest absolute Gasteiger partial charge is 0.164 e. The number of thioether (sulfide) groups is 1. The van der Waals surface area contributed by atoms with Crippen molar-refractivity contribution >= 4 is 29.0 Å². The fourth-order valence-electron chi connectivity index (χ4n) is 3.90. The fraction of sp³-hybridized carbons (Fsp3) is 0.231. The van der Waals surface area contributed by atoms with Gasteiger partial charge in [-0.3, -0.25) is 9.59 Å². The molecule has 2 aromatic carbocycles. The molecule has 0 aliphatic carbocycles. The lowest BCUT2D eigenvalue weighted by Gasteiger charge is -2.17. The van der Waals surface area contributed by atoms with E-state index in [0.717, 1.165) is 44.3 Å². The van der Waals surface area contributed by atoms with Gasteiger partial charge in [0.05, 0.1) is 5.69 Å². The topological polar surface area (TPSA) is 64.3 Å². The maximum absolute atomic E-state index is 12.3. The third-order valence-corrected chi connectivity index (χ3v) is 6.99. The number of hydrogen-bond donors (Lipinski definition) is 0. The second-order valence-electron chi connectivity index (χ2n) is 7.92. The minimum absolute atomic E-state index is 0.164. The Kier molecular flexibility index (Phi) is 6.24. The van der Waals surface area contributed by atoms with Crippen molar-refractivity contribution in [2.75, 3.05) is 0 Å². The summed E-state index contributed by atoms with van der Waals surface area (Å²) in [7, 11) is 0. The van der Waals surface area contributed by atoms with Crippen molar-refractivity contribution in [3.05, 3.63) is 83.2 Å². The van der Waals surface area contributed by atoms with Gasteiger partial charge in [-0.15, -0.1) is 0 Å². The molecule has 2 aromatic heterocycles. The van der Waals surface area contributed by atoms with Crippen LogP contribution in [0.5, 0.6) is 0 Å². The molecule has 162 valence electrons. The standard InChI is InChI=1S/C26H25N3O2S/c1-16-22(15-20-11-7-5-8-12-20)26(32-24(18(3)30)19(4)31)29-25(27-16)23(17(2)28-29)21-13-9-6-10-14-21/h5-14,24H,15H2,1-4H3. The van der Waals surface area contributed by atoms with Gasteiger partial charge in [-0.1, -0.05) is 72.4 Å². The molecule has 5 nitrogen and oxygen atoms in total. The van der Waals surface area contributed by atoms with E-state index in [9.17, 15) is 9.59 Å². The van der Waals surface area contributed by atoms with Crippen LogP contribution in [0.2, 0.25) is 0 Å². The Hall–Kier alpha value is -3.25. The van der Waals surface area contributed by atoms with Crippen molar-refractivity contribution in [3.63, 3.8) is 0 Å². The van der Waals surface area contributed by atoms with Gasteiger partial charge in [0.1, 0.15) is 10.3 Å². The van der Waals surface area contributed by atoms with Gasteiger partial charge in [-0.05, 0) is 38.8 Å². The van der Waals surface area contributed by atoms with E-state index in [2.05, 4.69) is 12.1 Å². The van der Waals surface area contributed by atoms with Gasteiger partial charge in [-0.25, -0.2) is 9.50 Å². The van der Waals surface area contributed by atoms with E-state index in [4.69, 9.17) is 10.1 Å². The first-order valence-electron chi connectivity index (χ1n) is 10.5. The van der Waals surface area contributed by atoms with Gasteiger partial charge in [0.15, 0.2) is 17.2 Å². The molecule has 0 N–H and O–H groups in total. The van der Waals surface area contributed by atoms with E-state index < -0.39 is 5.25 Å². The maximum atomic E-state index is 12.3. The summed E-state index contributed by atoms with van der Waals surface area (Å²) in [6, 6.07) is 20.2. The zero-order valence-electron chi connectivity index (χ0n) is 18.6. The van der Waals surface area contributed by atoms with Crippen molar-refractivity contribution in [2.45, 2.75) is 44.4 Å². The molecule has 0 aliphatic heterocycles. The Morgan fingerprint density at radius 3 is 2.09 bits per heavy atom. The maximum Gasteiger partial charge on any atom is 0.164 e. The molecular formula is C26H25N3O2S. The molecule has 0 aliphatic rings. The Bertz CT molecular complexity index is 1280.